The third kappa shape index (κ3) is 1.70. The number of fused-ring (bicyclic) bond motifs is 1. The fourth-order valence-electron chi connectivity index (χ4n) is 1.52. The molecule has 4 heteroatoms. The van der Waals surface area contributed by atoms with Gasteiger partial charge in [0.25, 0.3) is 6.10 Å². The lowest BCUT2D eigenvalue weighted by atomic mass is 10.0. The minimum absolute atomic E-state index is 0.218. The third-order valence-corrected chi connectivity index (χ3v) is 2.29. The standard InChI is InChI=1S/C11H10O4/c1-14-11(13)10-8(12)6-7-4-2-3-5-9(7)15-10/h2-5,10H,6H2,1H3. The lowest BCUT2D eigenvalue weighted by Crippen LogP contribution is -2.40. The summed E-state index contributed by atoms with van der Waals surface area (Å²) < 4.78 is 9.76. The molecule has 1 aliphatic rings. The molecule has 1 aromatic carbocycles. The van der Waals surface area contributed by atoms with E-state index in [4.69, 9.17) is 4.74 Å². The molecular formula is C11H10O4. The molecule has 1 aromatic rings. The summed E-state index contributed by atoms with van der Waals surface area (Å²) in [5.41, 5.74) is 0.808. The normalized spacial score (nSPS) is 19.0. The Hall–Kier alpha value is -1.84. The molecule has 1 unspecified atom stereocenters. The van der Waals surface area contributed by atoms with E-state index in [1.165, 1.54) is 7.11 Å². The van der Waals surface area contributed by atoms with Crippen LogP contribution in [0.4, 0.5) is 0 Å². The smallest absolute Gasteiger partial charge is 0.354 e. The summed E-state index contributed by atoms with van der Waals surface area (Å²) in [6, 6.07) is 7.16. The van der Waals surface area contributed by atoms with Crippen molar-refractivity contribution in [2.24, 2.45) is 0 Å². The first kappa shape index (κ1) is 9.71. The molecule has 0 saturated heterocycles. The summed E-state index contributed by atoms with van der Waals surface area (Å²) in [5.74, 6) is -0.331. The predicted octanol–water partition coefficient (Wildman–Crippen LogP) is 0.732. The highest BCUT2D eigenvalue weighted by atomic mass is 16.6. The van der Waals surface area contributed by atoms with Crippen LogP contribution in [0.15, 0.2) is 24.3 Å². The largest absolute Gasteiger partial charge is 0.470 e. The first-order valence-corrected chi connectivity index (χ1v) is 4.57. The number of hydrogen-bond donors (Lipinski definition) is 0. The van der Waals surface area contributed by atoms with E-state index in [9.17, 15) is 9.59 Å². The number of Topliss-reactive ketones (excluding diaryl/α,β-unsaturated/α-hetero) is 1. The molecule has 1 aliphatic heterocycles. The maximum absolute atomic E-state index is 11.5. The van der Waals surface area contributed by atoms with Crippen molar-refractivity contribution in [1.29, 1.82) is 0 Å². The van der Waals surface area contributed by atoms with Gasteiger partial charge in [-0.3, -0.25) is 4.79 Å². The first-order chi connectivity index (χ1) is 7.22. The Kier molecular flexibility index (Phi) is 2.41. The second-order valence-electron chi connectivity index (χ2n) is 3.27. The van der Waals surface area contributed by atoms with E-state index in [2.05, 4.69) is 4.74 Å². The number of rotatable bonds is 1. The van der Waals surface area contributed by atoms with Crippen molar-refractivity contribution >= 4 is 11.8 Å². The van der Waals surface area contributed by atoms with Gasteiger partial charge in [-0.25, -0.2) is 4.79 Å². The molecule has 0 aliphatic carbocycles. The van der Waals surface area contributed by atoms with Gasteiger partial charge in [0.05, 0.1) is 7.11 Å². The number of ketones is 1. The van der Waals surface area contributed by atoms with Gasteiger partial charge in [0, 0.05) is 12.0 Å². The van der Waals surface area contributed by atoms with E-state index >= 15 is 0 Å². The van der Waals surface area contributed by atoms with Crippen LogP contribution in [0.5, 0.6) is 5.75 Å². The van der Waals surface area contributed by atoms with Gasteiger partial charge >= 0.3 is 5.97 Å². The Morgan fingerprint density at radius 2 is 2.20 bits per heavy atom. The van der Waals surface area contributed by atoms with Crippen LogP contribution >= 0.6 is 0 Å². The minimum Gasteiger partial charge on any atom is -0.470 e. The van der Waals surface area contributed by atoms with E-state index in [-0.39, 0.29) is 12.2 Å². The Morgan fingerprint density at radius 3 is 2.93 bits per heavy atom. The van der Waals surface area contributed by atoms with Crippen molar-refractivity contribution < 1.29 is 19.1 Å². The zero-order valence-corrected chi connectivity index (χ0v) is 8.23. The topological polar surface area (TPSA) is 52.6 Å². The van der Waals surface area contributed by atoms with Crippen LogP contribution in [-0.2, 0) is 20.7 Å². The van der Waals surface area contributed by atoms with Crippen LogP contribution in [0.2, 0.25) is 0 Å². The van der Waals surface area contributed by atoms with E-state index < -0.39 is 12.1 Å². The molecule has 0 fully saturated rings. The molecule has 0 amide bonds. The van der Waals surface area contributed by atoms with Crippen molar-refractivity contribution in [2.45, 2.75) is 12.5 Å². The predicted molar refractivity (Wildman–Crippen MR) is 51.6 cm³/mol. The van der Waals surface area contributed by atoms with Gasteiger partial charge in [-0.2, -0.15) is 0 Å². The number of methoxy groups -OCH3 is 1. The molecule has 15 heavy (non-hydrogen) atoms. The first-order valence-electron chi connectivity index (χ1n) is 4.57. The number of benzene rings is 1. The quantitative estimate of drug-likeness (QED) is 0.502. The van der Waals surface area contributed by atoms with Crippen molar-refractivity contribution in [3.63, 3.8) is 0 Å². The molecular weight excluding hydrogens is 196 g/mol. The molecule has 0 saturated carbocycles. The molecule has 1 heterocycles. The highest BCUT2D eigenvalue weighted by Gasteiger charge is 2.34. The Bertz CT molecular complexity index is 411. The summed E-state index contributed by atoms with van der Waals surface area (Å²) in [5, 5.41) is 0. The Morgan fingerprint density at radius 1 is 1.47 bits per heavy atom. The van der Waals surface area contributed by atoms with Crippen LogP contribution in [0, 0.1) is 0 Å². The summed E-state index contributed by atoms with van der Waals surface area (Å²) in [7, 11) is 1.24. The highest BCUT2D eigenvalue weighted by Crippen LogP contribution is 2.25. The number of carbonyl (C=O) groups is 2. The average molecular weight is 206 g/mol. The van der Waals surface area contributed by atoms with Crippen molar-refractivity contribution in [2.75, 3.05) is 7.11 Å². The van der Waals surface area contributed by atoms with Crippen LogP contribution in [0.1, 0.15) is 5.56 Å². The SMILES string of the molecule is COC(=O)C1Oc2ccccc2CC1=O. The van der Waals surface area contributed by atoms with Crippen molar-refractivity contribution in [3.8, 4) is 5.75 Å². The molecule has 1 atom stereocenters. The van der Waals surface area contributed by atoms with Gasteiger partial charge in [0.15, 0.2) is 5.78 Å². The lowest BCUT2D eigenvalue weighted by Gasteiger charge is -2.22. The maximum Gasteiger partial charge on any atom is 0.354 e. The van der Waals surface area contributed by atoms with Crippen LogP contribution < -0.4 is 4.74 Å². The van der Waals surface area contributed by atoms with Crippen molar-refractivity contribution in [3.05, 3.63) is 29.8 Å². The van der Waals surface area contributed by atoms with Gasteiger partial charge in [-0.05, 0) is 6.07 Å². The number of para-hydroxylation sites is 1. The minimum atomic E-state index is -1.11. The summed E-state index contributed by atoms with van der Waals surface area (Å²) >= 11 is 0. The van der Waals surface area contributed by atoms with Crippen LogP contribution in [-0.4, -0.2) is 25.0 Å². The lowest BCUT2D eigenvalue weighted by molar-refractivity contribution is -0.153. The van der Waals surface area contributed by atoms with Crippen LogP contribution in [0.3, 0.4) is 0 Å². The average Bonchev–Trinajstić information content (AvgIpc) is 2.27. The fourth-order valence-corrected chi connectivity index (χ4v) is 1.52. The zero-order valence-electron chi connectivity index (χ0n) is 8.23. The van der Waals surface area contributed by atoms with E-state index in [0.717, 1.165) is 5.56 Å². The van der Waals surface area contributed by atoms with E-state index in [1.807, 2.05) is 6.07 Å². The monoisotopic (exact) mass is 206 g/mol. The zero-order chi connectivity index (χ0) is 10.8. The summed E-state index contributed by atoms with van der Waals surface area (Å²) in [6.07, 6.45) is -0.888. The number of hydrogen-bond acceptors (Lipinski definition) is 4. The van der Waals surface area contributed by atoms with Gasteiger partial charge in [0.2, 0.25) is 0 Å². The molecule has 0 bridgehead atoms. The molecule has 0 N–H and O–H groups in total. The second kappa shape index (κ2) is 3.73. The maximum atomic E-state index is 11.5. The molecule has 78 valence electrons. The number of ether oxygens (including phenoxy) is 2. The second-order valence-corrected chi connectivity index (χ2v) is 3.27. The number of carbonyl (C=O) groups excluding carboxylic acids is 2. The van der Waals surface area contributed by atoms with Gasteiger partial charge in [-0.1, -0.05) is 18.2 Å². The number of esters is 1. The molecule has 4 nitrogen and oxygen atoms in total. The van der Waals surface area contributed by atoms with Gasteiger partial charge in [0.1, 0.15) is 5.75 Å². The third-order valence-electron chi connectivity index (χ3n) is 2.29. The molecule has 2 rings (SSSR count). The summed E-state index contributed by atoms with van der Waals surface area (Å²) in [6.45, 7) is 0. The highest BCUT2D eigenvalue weighted by molar-refractivity contribution is 6.04. The van der Waals surface area contributed by atoms with E-state index in [0.29, 0.717) is 5.75 Å². The van der Waals surface area contributed by atoms with Crippen LogP contribution in [0.25, 0.3) is 0 Å². The molecule has 0 radical (unpaired) electrons. The fraction of sp³-hybridized carbons (Fsp3) is 0.273. The van der Waals surface area contributed by atoms with Gasteiger partial charge < -0.3 is 9.47 Å². The molecule has 0 aromatic heterocycles. The van der Waals surface area contributed by atoms with Gasteiger partial charge in [-0.15, -0.1) is 0 Å². The molecule has 0 spiro atoms. The van der Waals surface area contributed by atoms with Crippen molar-refractivity contribution in [1.82, 2.24) is 0 Å². The van der Waals surface area contributed by atoms with E-state index in [1.54, 1.807) is 18.2 Å². The Balaban J connectivity index is 2.29. The Labute approximate surface area is 86.8 Å². The summed E-state index contributed by atoms with van der Waals surface area (Å²) in [4.78, 5) is 22.8.